The van der Waals surface area contributed by atoms with Crippen LogP contribution in [-0.4, -0.2) is 11.1 Å². The van der Waals surface area contributed by atoms with Gasteiger partial charge in [0.15, 0.2) is 0 Å². The van der Waals surface area contributed by atoms with E-state index < -0.39 is 5.91 Å². The average Bonchev–Trinajstić information content (AvgIpc) is 2.68. The number of amides is 1. The molecule has 0 aliphatic rings. The van der Waals surface area contributed by atoms with Crippen LogP contribution in [0.2, 0.25) is 5.02 Å². The van der Waals surface area contributed by atoms with Crippen LogP contribution in [-0.2, 0) is 0 Å². The fraction of sp³-hybridized carbons (Fsp3) is 0.318. The van der Waals surface area contributed by atoms with Gasteiger partial charge in [0.05, 0.1) is 0 Å². The molecular weight excluding hydrogens is 360 g/mol. The van der Waals surface area contributed by atoms with Crippen LogP contribution in [0, 0.1) is 5.92 Å². The van der Waals surface area contributed by atoms with Crippen molar-refractivity contribution >= 4 is 23.2 Å². The minimum atomic E-state index is -0.525. The van der Waals surface area contributed by atoms with Crippen LogP contribution in [0.15, 0.2) is 59.8 Å². The highest BCUT2D eigenvalue weighted by molar-refractivity contribution is 6.30. The Morgan fingerprint density at radius 3 is 2.15 bits per heavy atom. The summed E-state index contributed by atoms with van der Waals surface area (Å²) >= 11 is 6.07. The molecule has 1 atom stereocenters. The lowest BCUT2D eigenvalue weighted by molar-refractivity contribution is 0.0706. The minimum absolute atomic E-state index is 0.197. The van der Waals surface area contributed by atoms with Crippen molar-refractivity contribution in [2.45, 2.75) is 40.0 Å². The van der Waals surface area contributed by atoms with Gasteiger partial charge in [-0.3, -0.25) is 10.0 Å². The summed E-state index contributed by atoms with van der Waals surface area (Å²) in [6.07, 6.45) is 0.935. The molecule has 0 aliphatic carbocycles. The Morgan fingerprint density at radius 1 is 1.07 bits per heavy atom. The van der Waals surface area contributed by atoms with E-state index in [1.54, 1.807) is 17.6 Å². The van der Waals surface area contributed by atoms with Gasteiger partial charge in [0.2, 0.25) is 0 Å². The molecule has 1 amide bonds. The highest BCUT2D eigenvalue weighted by atomic mass is 35.5. The molecule has 0 spiro atoms. The molecule has 0 aromatic heterocycles. The van der Waals surface area contributed by atoms with E-state index in [2.05, 4.69) is 45.1 Å². The predicted molar refractivity (Wildman–Crippen MR) is 111 cm³/mol. The fourth-order valence-corrected chi connectivity index (χ4v) is 3.25. The Bertz CT molecular complexity index is 796. The van der Waals surface area contributed by atoms with Crippen molar-refractivity contribution in [3.05, 3.63) is 76.0 Å². The first-order valence-electron chi connectivity index (χ1n) is 9.14. The van der Waals surface area contributed by atoms with Crippen LogP contribution >= 0.6 is 11.6 Å². The van der Waals surface area contributed by atoms with Crippen molar-refractivity contribution in [2.24, 2.45) is 5.92 Å². The first-order valence-corrected chi connectivity index (χ1v) is 9.51. The number of halogens is 1. The highest BCUT2D eigenvalue weighted by Crippen LogP contribution is 2.35. The van der Waals surface area contributed by atoms with Gasteiger partial charge in [0.1, 0.15) is 0 Å². The molecule has 2 aromatic carbocycles. The van der Waals surface area contributed by atoms with Gasteiger partial charge in [-0.15, -0.1) is 0 Å². The number of anilines is 1. The Kier molecular flexibility index (Phi) is 7.45. The summed E-state index contributed by atoms with van der Waals surface area (Å²) in [7, 11) is 0. The van der Waals surface area contributed by atoms with Gasteiger partial charge in [-0.2, -0.15) is 0 Å². The lowest BCUT2D eigenvalue weighted by atomic mass is 9.83. The molecule has 2 aromatic rings. The smallest absolute Gasteiger partial charge is 0.274 e. The molecule has 0 fully saturated rings. The normalized spacial score (nSPS) is 13.1. The maximum absolute atomic E-state index is 11.5. The number of nitrogens with one attached hydrogen (secondary N) is 2. The molecule has 0 aliphatic heterocycles. The summed E-state index contributed by atoms with van der Waals surface area (Å²) in [4.78, 5) is 11.5. The molecule has 1 unspecified atom stereocenters. The van der Waals surface area contributed by atoms with Crippen molar-refractivity contribution in [1.29, 1.82) is 0 Å². The third-order valence-corrected chi connectivity index (χ3v) is 4.98. The molecule has 144 valence electrons. The second-order valence-corrected chi connectivity index (χ2v) is 7.40. The molecule has 2 rings (SSSR count). The number of allylic oxidation sites excluding steroid dienone is 2. The monoisotopic (exact) mass is 386 g/mol. The quantitative estimate of drug-likeness (QED) is 0.404. The van der Waals surface area contributed by atoms with Crippen LogP contribution in [0.25, 0.3) is 0 Å². The Hall–Kier alpha value is -2.30. The molecule has 0 radical (unpaired) electrons. The van der Waals surface area contributed by atoms with E-state index >= 15 is 0 Å². The number of carbonyl (C=O) groups is 1. The summed E-state index contributed by atoms with van der Waals surface area (Å²) in [5.41, 5.74) is 6.59. The summed E-state index contributed by atoms with van der Waals surface area (Å²) in [5, 5.41) is 13.0. The zero-order chi connectivity index (χ0) is 20.0. The number of hydrogen-bond donors (Lipinski definition) is 3. The zero-order valence-corrected chi connectivity index (χ0v) is 17.0. The van der Waals surface area contributed by atoms with Crippen molar-refractivity contribution in [1.82, 2.24) is 5.48 Å². The van der Waals surface area contributed by atoms with E-state index in [4.69, 9.17) is 16.8 Å². The standard InChI is InChI=1S/C22H27ClN2O2/c1-5-15(4)21(20(14(2)3)16-6-10-18(23)11-7-16)24-19-12-8-17(9-13-19)22(26)25-27/h6-14,20,24,27H,5H2,1-4H3,(H,25,26)/b21-15+. The van der Waals surface area contributed by atoms with Gasteiger partial charge in [0.25, 0.3) is 5.91 Å². The zero-order valence-electron chi connectivity index (χ0n) is 16.2. The predicted octanol–water partition coefficient (Wildman–Crippen LogP) is 5.99. The van der Waals surface area contributed by atoms with Crippen LogP contribution in [0.5, 0.6) is 0 Å². The van der Waals surface area contributed by atoms with Gasteiger partial charge in [-0.25, -0.2) is 5.48 Å². The van der Waals surface area contributed by atoms with E-state index in [0.29, 0.717) is 11.5 Å². The average molecular weight is 387 g/mol. The van der Waals surface area contributed by atoms with Gasteiger partial charge in [-0.1, -0.05) is 50.1 Å². The molecule has 27 heavy (non-hydrogen) atoms. The summed E-state index contributed by atoms with van der Waals surface area (Å²) in [6.45, 7) is 8.70. The Morgan fingerprint density at radius 2 is 1.67 bits per heavy atom. The fourth-order valence-electron chi connectivity index (χ4n) is 3.12. The summed E-state index contributed by atoms with van der Waals surface area (Å²) < 4.78 is 0. The number of hydrogen-bond acceptors (Lipinski definition) is 3. The van der Waals surface area contributed by atoms with Crippen molar-refractivity contribution in [3.8, 4) is 0 Å². The first kappa shape index (κ1) is 21.0. The van der Waals surface area contributed by atoms with Crippen molar-refractivity contribution in [3.63, 3.8) is 0 Å². The second-order valence-electron chi connectivity index (χ2n) is 6.96. The van der Waals surface area contributed by atoms with Gasteiger partial charge < -0.3 is 5.32 Å². The summed E-state index contributed by atoms with van der Waals surface area (Å²) in [6, 6.07) is 15.0. The maximum atomic E-state index is 11.5. The molecule has 5 heteroatoms. The largest absolute Gasteiger partial charge is 0.358 e. The van der Waals surface area contributed by atoms with E-state index in [0.717, 1.165) is 22.8 Å². The number of hydroxylamine groups is 1. The highest BCUT2D eigenvalue weighted by Gasteiger charge is 2.22. The Labute approximate surface area is 166 Å². The van der Waals surface area contributed by atoms with Gasteiger partial charge >= 0.3 is 0 Å². The topological polar surface area (TPSA) is 61.4 Å². The van der Waals surface area contributed by atoms with E-state index in [-0.39, 0.29) is 5.92 Å². The van der Waals surface area contributed by atoms with Crippen molar-refractivity contribution < 1.29 is 10.0 Å². The number of rotatable bonds is 7. The van der Waals surface area contributed by atoms with E-state index in [1.165, 1.54) is 11.1 Å². The molecule has 4 nitrogen and oxygen atoms in total. The SMILES string of the molecule is CC/C(C)=C(/Nc1ccc(C(=O)NO)cc1)C(c1ccc(Cl)cc1)C(C)C. The van der Waals surface area contributed by atoms with Gasteiger partial charge in [0, 0.05) is 27.9 Å². The van der Waals surface area contributed by atoms with Crippen LogP contribution in [0.1, 0.15) is 56.0 Å². The van der Waals surface area contributed by atoms with Crippen LogP contribution < -0.4 is 10.8 Å². The Balaban J connectivity index is 2.39. The molecule has 0 bridgehead atoms. The van der Waals surface area contributed by atoms with Crippen molar-refractivity contribution in [2.75, 3.05) is 5.32 Å². The molecule has 3 N–H and O–H groups in total. The third kappa shape index (κ3) is 5.34. The first-order chi connectivity index (χ1) is 12.9. The lowest BCUT2D eigenvalue weighted by Gasteiger charge is -2.28. The molecule has 0 saturated heterocycles. The number of carbonyl (C=O) groups excluding carboxylic acids is 1. The third-order valence-electron chi connectivity index (χ3n) is 4.72. The van der Waals surface area contributed by atoms with Gasteiger partial charge in [-0.05, 0) is 61.2 Å². The summed E-state index contributed by atoms with van der Waals surface area (Å²) in [5.74, 6) is 0.0560. The van der Waals surface area contributed by atoms with E-state index in [9.17, 15) is 4.79 Å². The number of benzene rings is 2. The molecule has 0 saturated carbocycles. The maximum Gasteiger partial charge on any atom is 0.274 e. The lowest BCUT2D eigenvalue weighted by Crippen LogP contribution is -2.19. The molecular formula is C22H27ClN2O2. The second kappa shape index (κ2) is 9.58. The van der Waals surface area contributed by atoms with Crippen LogP contribution in [0.3, 0.4) is 0 Å². The minimum Gasteiger partial charge on any atom is -0.358 e. The molecule has 0 heterocycles. The van der Waals surface area contributed by atoms with E-state index in [1.807, 2.05) is 24.3 Å². The van der Waals surface area contributed by atoms with Crippen LogP contribution in [0.4, 0.5) is 5.69 Å².